The Morgan fingerprint density at radius 2 is 1.76 bits per heavy atom. The average Bonchev–Trinajstić information content (AvgIpc) is 2.76. The number of carbonyl (C=O) groups is 1. The van der Waals surface area contributed by atoms with Crippen molar-refractivity contribution < 1.29 is 23.7 Å². The smallest absolute Gasteiger partial charge is 0.351 e. The third-order valence-corrected chi connectivity index (χ3v) is 4.55. The van der Waals surface area contributed by atoms with Crippen LogP contribution in [0.2, 0.25) is 0 Å². The van der Waals surface area contributed by atoms with E-state index in [4.69, 9.17) is 18.9 Å². The Morgan fingerprint density at radius 1 is 0.931 bits per heavy atom. The SMILES string of the molecule is Cc1cccc(COC(=O)C2COc3ccc(OCc4ccccc4)cc3O2)c1. The minimum atomic E-state index is -0.809. The molecule has 0 bridgehead atoms. The lowest BCUT2D eigenvalue weighted by Crippen LogP contribution is -2.37. The molecule has 3 aromatic carbocycles. The number of carbonyl (C=O) groups excluding carboxylic acids is 1. The molecule has 0 aliphatic carbocycles. The fourth-order valence-corrected chi connectivity index (χ4v) is 3.05. The number of rotatable bonds is 6. The molecule has 1 aliphatic rings. The van der Waals surface area contributed by atoms with Crippen LogP contribution in [0.4, 0.5) is 0 Å². The monoisotopic (exact) mass is 390 g/mol. The van der Waals surface area contributed by atoms with Gasteiger partial charge in [0, 0.05) is 6.07 Å². The van der Waals surface area contributed by atoms with E-state index in [0.717, 1.165) is 16.7 Å². The minimum Gasteiger partial charge on any atom is -0.489 e. The van der Waals surface area contributed by atoms with Gasteiger partial charge in [0.2, 0.25) is 6.10 Å². The molecule has 4 rings (SSSR count). The van der Waals surface area contributed by atoms with Gasteiger partial charge in [0.15, 0.2) is 11.5 Å². The standard InChI is InChI=1S/C24H22O5/c1-17-6-5-9-19(12-17)15-28-24(25)23-16-27-21-11-10-20(13-22(21)29-23)26-14-18-7-3-2-4-8-18/h2-13,23H,14-16H2,1H3. The summed E-state index contributed by atoms with van der Waals surface area (Å²) in [7, 11) is 0. The summed E-state index contributed by atoms with van der Waals surface area (Å²) in [6, 6.07) is 23.1. The van der Waals surface area contributed by atoms with Crippen molar-refractivity contribution >= 4 is 5.97 Å². The van der Waals surface area contributed by atoms with Crippen LogP contribution >= 0.6 is 0 Å². The number of esters is 1. The van der Waals surface area contributed by atoms with E-state index >= 15 is 0 Å². The van der Waals surface area contributed by atoms with Crippen LogP contribution in [-0.4, -0.2) is 18.7 Å². The Morgan fingerprint density at radius 3 is 2.59 bits per heavy atom. The van der Waals surface area contributed by atoms with Crippen molar-refractivity contribution in [3.05, 3.63) is 89.5 Å². The molecule has 3 aromatic rings. The first-order chi connectivity index (χ1) is 14.2. The summed E-state index contributed by atoms with van der Waals surface area (Å²) in [6.45, 7) is 2.76. The molecule has 0 saturated carbocycles. The summed E-state index contributed by atoms with van der Waals surface area (Å²) in [6.07, 6.45) is -0.809. The van der Waals surface area contributed by atoms with E-state index in [1.807, 2.05) is 67.6 Å². The molecule has 0 amide bonds. The summed E-state index contributed by atoms with van der Waals surface area (Å²) < 4.78 is 22.7. The number of aryl methyl sites for hydroxylation is 1. The first-order valence-corrected chi connectivity index (χ1v) is 9.50. The Hall–Kier alpha value is -3.47. The molecule has 29 heavy (non-hydrogen) atoms. The molecule has 0 saturated heterocycles. The summed E-state index contributed by atoms with van der Waals surface area (Å²) in [5.41, 5.74) is 3.12. The summed E-state index contributed by atoms with van der Waals surface area (Å²) in [5, 5.41) is 0. The first-order valence-electron chi connectivity index (χ1n) is 9.50. The topological polar surface area (TPSA) is 54.0 Å². The van der Waals surface area contributed by atoms with Crippen LogP contribution in [0.1, 0.15) is 16.7 Å². The molecule has 1 atom stereocenters. The van der Waals surface area contributed by atoms with Gasteiger partial charge in [-0.1, -0.05) is 60.2 Å². The first kappa shape index (κ1) is 18.9. The highest BCUT2D eigenvalue weighted by molar-refractivity contribution is 5.76. The molecule has 0 fully saturated rings. The largest absolute Gasteiger partial charge is 0.489 e. The van der Waals surface area contributed by atoms with Gasteiger partial charge in [0.1, 0.15) is 25.6 Å². The second-order valence-corrected chi connectivity index (χ2v) is 6.90. The van der Waals surface area contributed by atoms with Crippen LogP contribution in [0.25, 0.3) is 0 Å². The van der Waals surface area contributed by atoms with Crippen LogP contribution in [0.3, 0.4) is 0 Å². The quantitative estimate of drug-likeness (QED) is 0.582. The third-order valence-electron chi connectivity index (χ3n) is 4.55. The number of ether oxygens (including phenoxy) is 4. The zero-order chi connectivity index (χ0) is 20.1. The van der Waals surface area contributed by atoms with Gasteiger partial charge in [-0.15, -0.1) is 0 Å². The van der Waals surface area contributed by atoms with Crippen molar-refractivity contribution in [3.63, 3.8) is 0 Å². The van der Waals surface area contributed by atoms with Crippen LogP contribution in [-0.2, 0) is 22.7 Å². The molecule has 1 heterocycles. The van der Waals surface area contributed by atoms with Gasteiger partial charge in [-0.05, 0) is 30.2 Å². The number of hydrogen-bond acceptors (Lipinski definition) is 5. The van der Waals surface area contributed by atoms with E-state index in [-0.39, 0.29) is 13.2 Å². The van der Waals surface area contributed by atoms with Gasteiger partial charge >= 0.3 is 5.97 Å². The maximum absolute atomic E-state index is 12.4. The molecular formula is C24H22O5. The maximum Gasteiger partial charge on any atom is 0.351 e. The zero-order valence-electron chi connectivity index (χ0n) is 16.2. The van der Waals surface area contributed by atoms with Crippen molar-refractivity contribution in [2.24, 2.45) is 0 Å². The zero-order valence-corrected chi connectivity index (χ0v) is 16.2. The highest BCUT2D eigenvalue weighted by Crippen LogP contribution is 2.35. The highest BCUT2D eigenvalue weighted by Gasteiger charge is 2.29. The van der Waals surface area contributed by atoms with Crippen LogP contribution in [0, 0.1) is 6.92 Å². The summed E-state index contributed by atoms with van der Waals surface area (Å²) in [5.74, 6) is 1.25. The molecule has 148 valence electrons. The fraction of sp³-hybridized carbons (Fsp3) is 0.208. The predicted octanol–water partition coefficient (Wildman–Crippen LogP) is 4.46. The Kier molecular flexibility index (Phi) is 5.66. The van der Waals surface area contributed by atoms with E-state index in [2.05, 4.69) is 0 Å². The molecule has 1 unspecified atom stereocenters. The van der Waals surface area contributed by atoms with Crippen molar-refractivity contribution in [1.29, 1.82) is 0 Å². The van der Waals surface area contributed by atoms with Gasteiger partial charge in [0.25, 0.3) is 0 Å². The summed E-state index contributed by atoms with van der Waals surface area (Å²) in [4.78, 5) is 12.4. The molecule has 0 spiro atoms. The molecule has 0 aromatic heterocycles. The number of hydrogen-bond donors (Lipinski definition) is 0. The van der Waals surface area contributed by atoms with E-state index < -0.39 is 12.1 Å². The lowest BCUT2D eigenvalue weighted by molar-refractivity contribution is -0.155. The molecule has 1 aliphatic heterocycles. The highest BCUT2D eigenvalue weighted by atomic mass is 16.6. The van der Waals surface area contributed by atoms with E-state index in [0.29, 0.717) is 23.9 Å². The van der Waals surface area contributed by atoms with Crippen LogP contribution < -0.4 is 14.2 Å². The van der Waals surface area contributed by atoms with Gasteiger partial charge in [-0.25, -0.2) is 4.79 Å². The molecule has 5 heteroatoms. The van der Waals surface area contributed by atoms with Crippen molar-refractivity contribution in [2.75, 3.05) is 6.61 Å². The normalized spacial score (nSPS) is 14.9. The Balaban J connectivity index is 1.36. The van der Waals surface area contributed by atoms with Gasteiger partial charge in [-0.3, -0.25) is 0 Å². The predicted molar refractivity (Wildman–Crippen MR) is 108 cm³/mol. The maximum atomic E-state index is 12.4. The Labute approximate surface area is 169 Å². The third kappa shape index (κ3) is 4.88. The van der Waals surface area contributed by atoms with E-state index in [1.165, 1.54) is 0 Å². The number of fused-ring (bicyclic) bond motifs is 1. The minimum absolute atomic E-state index is 0.115. The lowest BCUT2D eigenvalue weighted by atomic mass is 10.1. The van der Waals surface area contributed by atoms with Crippen molar-refractivity contribution in [3.8, 4) is 17.2 Å². The molecule has 0 N–H and O–H groups in total. The lowest BCUT2D eigenvalue weighted by Gasteiger charge is -2.25. The van der Waals surface area contributed by atoms with E-state index in [1.54, 1.807) is 12.1 Å². The average molecular weight is 390 g/mol. The fourth-order valence-electron chi connectivity index (χ4n) is 3.05. The number of benzene rings is 3. The van der Waals surface area contributed by atoms with Gasteiger partial charge in [-0.2, -0.15) is 0 Å². The van der Waals surface area contributed by atoms with Gasteiger partial charge in [0.05, 0.1) is 0 Å². The van der Waals surface area contributed by atoms with Gasteiger partial charge < -0.3 is 18.9 Å². The van der Waals surface area contributed by atoms with Crippen molar-refractivity contribution in [1.82, 2.24) is 0 Å². The van der Waals surface area contributed by atoms with Crippen LogP contribution in [0.15, 0.2) is 72.8 Å². The molecule has 0 radical (unpaired) electrons. The van der Waals surface area contributed by atoms with E-state index in [9.17, 15) is 4.79 Å². The second-order valence-electron chi connectivity index (χ2n) is 6.90. The van der Waals surface area contributed by atoms with Crippen LogP contribution in [0.5, 0.6) is 17.2 Å². The summed E-state index contributed by atoms with van der Waals surface area (Å²) >= 11 is 0. The molecular weight excluding hydrogens is 368 g/mol. The second kappa shape index (κ2) is 8.69. The molecule has 5 nitrogen and oxygen atoms in total. The Bertz CT molecular complexity index is 984. The van der Waals surface area contributed by atoms with Crippen molar-refractivity contribution in [2.45, 2.75) is 26.2 Å².